The Hall–Kier alpha value is -2.16. The Kier molecular flexibility index (Phi) is 3.95. The smallest absolute Gasteiger partial charge is 0.155 e. The lowest BCUT2D eigenvalue weighted by Crippen LogP contribution is -2.18. The number of nitrogens with zero attached hydrogens (tertiary/aromatic N) is 1. The minimum Gasteiger partial charge on any atom is -0.341 e. The van der Waals surface area contributed by atoms with Crippen molar-refractivity contribution >= 4 is 17.7 Å². The number of hydrogen-bond donors (Lipinski definition) is 0. The molecule has 0 aliphatic carbocycles. The number of anilines is 2. The standard InChI is InChI=1S/C16H16FNO/c1-3-18(13-9-7-12(2)8-10-13)16-6-4-5-15(17)14(16)11-19/h4-11H,3H2,1-2H3. The van der Waals surface area contributed by atoms with E-state index in [0.29, 0.717) is 18.5 Å². The number of carbonyl (C=O) groups is 1. The molecule has 0 aliphatic rings. The Morgan fingerprint density at radius 3 is 2.42 bits per heavy atom. The highest BCUT2D eigenvalue weighted by atomic mass is 19.1. The van der Waals surface area contributed by atoms with E-state index in [1.54, 1.807) is 12.1 Å². The first-order valence-corrected chi connectivity index (χ1v) is 6.25. The Morgan fingerprint density at radius 1 is 1.16 bits per heavy atom. The van der Waals surface area contributed by atoms with Crippen molar-refractivity contribution in [1.82, 2.24) is 0 Å². The van der Waals surface area contributed by atoms with Gasteiger partial charge in [0.2, 0.25) is 0 Å². The summed E-state index contributed by atoms with van der Waals surface area (Å²) in [5, 5.41) is 0. The Morgan fingerprint density at radius 2 is 1.84 bits per heavy atom. The Balaban J connectivity index is 2.51. The molecule has 2 aromatic rings. The predicted molar refractivity (Wildman–Crippen MR) is 75.6 cm³/mol. The highest BCUT2D eigenvalue weighted by molar-refractivity contribution is 5.87. The van der Waals surface area contributed by atoms with Crippen molar-refractivity contribution in [2.45, 2.75) is 13.8 Å². The fourth-order valence-corrected chi connectivity index (χ4v) is 2.09. The van der Waals surface area contributed by atoms with Gasteiger partial charge in [-0.2, -0.15) is 0 Å². The lowest BCUT2D eigenvalue weighted by Gasteiger charge is -2.25. The third-order valence-corrected chi connectivity index (χ3v) is 3.10. The molecule has 0 bridgehead atoms. The summed E-state index contributed by atoms with van der Waals surface area (Å²) < 4.78 is 13.7. The fourth-order valence-electron chi connectivity index (χ4n) is 2.09. The van der Waals surface area contributed by atoms with Crippen molar-refractivity contribution in [3.8, 4) is 0 Å². The third kappa shape index (κ3) is 2.65. The third-order valence-electron chi connectivity index (χ3n) is 3.10. The van der Waals surface area contributed by atoms with Crippen LogP contribution in [0.15, 0.2) is 42.5 Å². The summed E-state index contributed by atoms with van der Waals surface area (Å²) in [5.41, 5.74) is 2.81. The van der Waals surface area contributed by atoms with E-state index in [1.165, 1.54) is 6.07 Å². The summed E-state index contributed by atoms with van der Waals surface area (Å²) in [4.78, 5) is 13.0. The van der Waals surface area contributed by atoms with Gasteiger partial charge in [0.1, 0.15) is 5.82 Å². The minimum absolute atomic E-state index is 0.102. The molecule has 19 heavy (non-hydrogen) atoms. The van der Waals surface area contributed by atoms with Crippen LogP contribution in [0.5, 0.6) is 0 Å². The molecule has 0 spiro atoms. The number of aldehydes is 1. The van der Waals surface area contributed by atoms with Gasteiger partial charge in [-0.1, -0.05) is 23.8 Å². The topological polar surface area (TPSA) is 20.3 Å². The van der Waals surface area contributed by atoms with Crippen LogP contribution in [0.25, 0.3) is 0 Å². The van der Waals surface area contributed by atoms with Crippen LogP contribution in [0.1, 0.15) is 22.8 Å². The van der Waals surface area contributed by atoms with Gasteiger partial charge in [-0.25, -0.2) is 4.39 Å². The number of halogens is 1. The summed E-state index contributed by atoms with van der Waals surface area (Å²) >= 11 is 0. The van der Waals surface area contributed by atoms with E-state index in [1.807, 2.05) is 43.0 Å². The van der Waals surface area contributed by atoms with Crippen LogP contribution in [0.4, 0.5) is 15.8 Å². The number of hydrogen-bond acceptors (Lipinski definition) is 2. The first-order valence-electron chi connectivity index (χ1n) is 6.25. The summed E-state index contributed by atoms with van der Waals surface area (Å²) in [5.74, 6) is -0.488. The molecule has 0 saturated heterocycles. The number of aryl methyl sites for hydroxylation is 1. The maximum atomic E-state index is 13.7. The fraction of sp³-hybridized carbons (Fsp3) is 0.188. The molecule has 3 heteroatoms. The van der Waals surface area contributed by atoms with Crippen LogP contribution in [-0.4, -0.2) is 12.8 Å². The number of carbonyl (C=O) groups excluding carboxylic acids is 1. The van der Waals surface area contributed by atoms with Crippen molar-refractivity contribution < 1.29 is 9.18 Å². The van der Waals surface area contributed by atoms with E-state index in [0.717, 1.165) is 11.3 Å². The maximum Gasteiger partial charge on any atom is 0.155 e. The van der Waals surface area contributed by atoms with Crippen LogP contribution in [0.2, 0.25) is 0 Å². The molecule has 0 aromatic heterocycles. The zero-order valence-electron chi connectivity index (χ0n) is 11.1. The first kappa shape index (κ1) is 13.3. The van der Waals surface area contributed by atoms with Crippen LogP contribution < -0.4 is 4.90 Å². The Labute approximate surface area is 112 Å². The second kappa shape index (κ2) is 5.65. The van der Waals surface area contributed by atoms with Gasteiger partial charge in [-0.05, 0) is 38.1 Å². The summed E-state index contributed by atoms with van der Waals surface area (Å²) in [7, 11) is 0. The minimum atomic E-state index is -0.488. The summed E-state index contributed by atoms with van der Waals surface area (Å²) in [6, 6.07) is 12.6. The van der Waals surface area contributed by atoms with E-state index < -0.39 is 5.82 Å². The van der Waals surface area contributed by atoms with Crippen LogP contribution in [0.3, 0.4) is 0 Å². The van der Waals surface area contributed by atoms with Crippen molar-refractivity contribution in [2.24, 2.45) is 0 Å². The van der Waals surface area contributed by atoms with Gasteiger partial charge in [0.05, 0.1) is 11.3 Å². The van der Waals surface area contributed by atoms with Crippen molar-refractivity contribution in [2.75, 3.05) is 11.4 Å². The average Bonchev–Trinajstić information content (AvgIpc) is 2.42. The van der Waals surface area contributed by atoms with E-state index in [9.17, 15) is 9.18 Å². The highest BCUT2D eigenvalue weighted by Crippen LogP contribution is 2.29. The second-order valence-electron chi connectivity index (χ2n) is 4.37. The van der Waals surface area contributed by atoms with E-state index >= 15 is 0 Å². The molecule has 98 valence electrons. The molecule has 0 heterocycles. The molecule has 0 unspecified atom stereocenters. The van der Waals surface area contributed by atoms with E-state index in [-0.39, 0.29) is 5.56 Å². The SMILES string of the molecule is CCN(c1ccc(C)cc1)c1cccc(F)c1C=O. The van der Waals surface area contributed by atoms with Crippen molar-refractivity contribution in [1.29, 1.82) is 0 Å². The van der Waals surface area contributed by atoms with Crippen molar-refractivity contribution in [3.05, 3.63) is 59.4 Å². The molecule has 2 nitrogen and oxygen atoms in total. The lowest BCUT2D eigenvalue weighted by molar-refractivity contribution is 0.112. The van der Waals surface area contributed by atoms with Crippen LogP contribution in [0, 0.1) is 12.7 Å². The van der Waals surface area contributed by atoms with Gasteiger partial charge in [0, 0.05) is 12.2 Å². The molecule has 0 aliphatic heterocycles. The van der Waals surface area contributed by atoms with Gasteiger partial charge in [-0.3, -0.25) is 4.79 Å². The normalized spacial score (nSPS) is 10.3. The summed E-state index contributed by atoms with van der Waals surface area (Å²) in [6.07, 6.45) is 0.571. The Bertz CT molecular complexity index is 578. The zero-order valence-corrected chi connectivity index (χ0v) is 11.1. The molecular weight excluding hydrogens is 241 g/mol. The van der Waals surface area contributed by atoms with Crippen LogP contribution >= 0.6 is 0 Å². The van der Waals surface area contributed by atoms with Gasteiger partial charge in [0.25, 0.3) is 0 Å². The van der Waals surface area contributed by atoms with Crippen molar-refractivity contribution in [3.63, 3.8) is 0 Å². The first-order chi connectivity index (χ1) is 9.17. The van der Waals surface area contributed by atoms with Gasteiger partial charge < -0.3 is 4.90 Å². The van der Waals surface area contributed by atoms with Crippen LogP contribution in [-0.2, 0) is 0 Å². The molecule has 0 fully saturated rings. The largest absolute Gasteiger partial charge is 0.341 e. The van der Waals surface area contributed by atoms with Gasteiger partial charge in [0.15, 0.2) is 6.29 Å². The van der Waals surface area contributed by atoms with E-state index in [4.69, 9.17) is 0 Å². The second-order valence-corrected chi connectivity index (χ2v) is 4.37. The average molecular weight is 257 g/mol. The van der Waals surface area contributed by atoms with Gasteiger partial charge >= 0.3 is 0 Å². The predicted octanol–water partition coefficient (Wildman–Crippen LogP) is 4.10. The van der Waals surface area contributed by atoms with Gasteiger partial charge in [-0.15, -0.1) is 0 Å². The molecule has 2 aromatic carbocycles. The zero-order chi connectivity index (χ0) is 13.8. The molecule has 0 amide bonds. The highest BCUT2D eigenvalue weighted by Gasteiger charge is 2.14. The monoisotopic (exact) mass is 257 g/mol. The maximum absolute atomic E-state index is 13.7. The van der Waals surface area contributed by atoms with E-state index in [2.05, 4.69) is 0 Å². The molecule has 0 radical (unpaired) electrons. The molecule has 0 saturated carbocycles. The molecule has 0 N–H and O–H groups in total. The number of rotatable bonds is 4. The molecular formula is C16H16FNO. The quantitative estimate of drug-likeness (QED) is 0.768. The molecule has 0 atom stereocenters. The lowest BCUT2D eigenvalue weighted by atomic mass is 10.1. The molecule has 2 rings (SSSR count). The summed E-state index contributed by atoms with van der Waals surface area (Å²) in [6.45, 7) is 4.64. The number of benzene rings is 2.